The Morgan fingerprint density at radius 2 is 1.69 bits per heavy atom. The quantitative estimate of drug-likeness (QED) is 0.664. The molecule has 3 aromatic rings. The molecule has 1 fully saturated rings. The van der Waals surface area contributed by atoms with Gasteiger partial charge in [0.2, 0.25) is 11.0 Å². The van der Waals surface area contributed by atoms with Crippen LogP contribution in [0.25, 0.3) is 10.6 Å². The van der Waals surface area contributed by atoms with Gasteiger partial charge in [0, 0.05) is 10.6 Å². The first-order valence-corrected chi connectivity index (χ1v) is 9.83. The average Bonchev–Trinajstić information content (AvgIpc) is 3.33. The predicted octanol–water partition coefficient (Wildman–Crippen LogP) is 5.31. The number of amides is 1. The second-order valence-electron chi connectivity index (χ2n) is 6.53. The third-order valence-corrected chi connectivity index (χ3v) is 6.09. The van der Waals surface area contributed by atoms with Crippen molar-refractivity contribution >= 4 is 34.0 Å². The Kier molecular flexibility index (Phi) is 4.74. The van der Waals surface area contributed by atoms with Crippen molar-refractivity contribution in [2.75, 3.05) is 5.32 Å². The van der Waals surface area contributed by atoms with Crippen LogP contribution < -0.4 is 5.32 Å². The molecule has 0 bridgehead atoms. The second-order valence-corrected chi connectivity index (χ2v) is 7.94. The number of nitrogens with zero attached hydrogens (tertiary/aromatic N) is 2. The highest BCUT2D eigenvalue weighted by Crippen LogP contribution is 2.42. The molecular formula is C20H18ClN3OS. The van der Waals surface area contributed by atoms with Gasteiger partial charge in [0.15, 0.2) is 0 Å². The normalized spacial score (nSPS) is 15.7. The summed E-state index contributed by atoms with van der Waals surface area (Å²) >= 11 is 7.31. The number of halogens is 1. The van der Waals surface area contributed by atoms with Crippen LogP contribution in [0.1, 0.15) is 31.2 Å². The van der Waals surface area contributed by atoms with Crippen LogP contribution in [0.3, 0.4) is 0 Å². The molecule has 1 aliphatic rings. The summed E-state index contributed by atoms with van der Waals surface area (Å²) in [5, 5.41) is 13.3. The molecule has 4 rings (SSSR count). The van der Waals surface area contributed by atoms with Crippen molar-refractivity contribution in [2.24, 2.45) is 0 Å². The van der Waals surface area contributed by atoms with Gasteiger partial charge < -0.3 is 0 Å². The van der Waals surface area contributed by atoms with Crippen molar-refractivity contribution in [2.45, 2.75) is 31.1 Å². The molecule has 1 aromatic heterocycles. The summed E-state index contributed by atoms with van der Waals surface area (Å²) in [6.07, 6.45) is 3.86. The van der Waals surface area contributed by atoms with Crippen LogP contribution in [-0.4, -0.2) is 16.1 Å². The summed E-state index contributed by atoms with van der Waals surface area (Å²) < 4.78 is 0. The number of carbonyl (C=O) groups excluding carboxylic acids is 1. The van der Waals surface area contributed by atoms with E-state index >= 15 is 0 Å². The lowest BCUT2D eigenvalue weighted by Gasteiger charge is -2.27. The third kappa shape index (κ3) is 3.24. The van der Waals surface area contributed by atoms with Crippen LogP contribution in [0, 0.1) is 0 Å². The van der Waals surface area contributed by atoms with E-state index in [1.54, 1.807) is 0 Å². The summed E-state index contributed by atoms with van der Waals surface area (Å²) in [4.78, 5) is 13.1. The van der Waals surface area contributed by atoms with Gasteiger partial charge in [0.05, 0.1) is 5.41 Å². The maximum Gasteiger partial charge on any atom is 0.236 e. The van der Waals surface area contributed by atoms with Gasteiger partial charge in [-0.05, 0) is 30.5 Å². The number of aromatic nitrogens is 2. The average molecular weight is 384 g/mol. The Morgan fingerprint density at radius 1 is 1.00 bits per heavy atom. The minimum atomic E-state index is -0.465. The number of nitrogens with one attached hydrogen (secondary N) is 1. The molecule has 132 valence electrons. The zero-order chi connectivity index (χ0) is 18.0. The Morgan fingerprint density at radius 3 is 2.38 bits per heavy atom. The lowest BCUT2D eigenvalue weighted by molar-refractivity contribution is -0.121. The van der Waals surface area contributed by atoms with Crippen molar-refractivity contribution in [3.05, 3.63) is 65.2 Å². The predicted molar refractivity (Wildman–Crippen MR) is 106 cm³/mol. The number of benzene rings is 2. The summed E-state index contributed by atoms with van der Waals surface area (Å²) in [5.74, 6) is 0.0139. The zero-order valence-corrected chi connectivity index (χ0v) is 15.7. The summed E-state index contributed by atoms with van der Waals surface area (Å²) in [6.45, 7) is 0. The van der Waals surface area contributed by atoms with Gasteiger partial charge in [0.25, 0.3) is 0 Å². The molecule has 1 saturated carbocycles. The molecule has 0 atom stereocenters. The highest BCUT2D eigenvalue weighted by molar-refractivity contribution is 7.18. The van der Waals surface area contributed by atoms with Crippen LogP contribution in [0.5, 0.6) is 0 Å². The van der Waals surface area contributed by atoms with Crippen molar-refractivity contribution in [3.63, 3.8) is 0 Å². The minimum absolute atomic E-state index is 0.0139. The smallest absolute Gasteiger partial charge is 0.236 e. The van der Waals surface area contributed by atoms with E-state index in [9.17, 15) is 4.79 Å². The van der Waals surface area contributed by atoms with Gasteiger partial charge in [-0.1, -0.05) is 78.2 Å². The molecule has 2 aromatic carbocycles. The fourth-order valence-corrected chi connectivity index (χ4v) is 4.45. The summed E-state index contributed by atoms with van der Waals surface area (Å²) in [5.41, 5.74) is 1.55. The first kappa shape index (κ1) is 17.2. The molecule has 1 N–H and O–H groups in total. The Hall–Kier alpha value is -2.24. The van der Waals surface area contributed by atoms with Crippen LogP contribution in [0.15, 0.2) is 54.6 Å². The van der Waals surface area contributed by atoms with Gasteiger partial charge in [-0.2, -0.15) is 0 Å². The van der Waals surface area contributed by atoms with Gasteiger partial charge in [-0.15, -0.1) is 10.2 Å². The first-order chi connectivity index (χ1) is 12.7. The Labute approximate surface area is 161 Å². The van der Waals surface area contributed by atoms with Gasteiger partial charge in [0.1, 0.15) is 5.01 Å². The molecule has 1 heterocycles. The van der Waals surface area contributed by atoms with Crippen LogP contribution in [0.2, 0.25) is 5.02 Å². The third-order valence-electron chi connectivity index (χ3n) is 4.95. The molecule has 0 unspecified atom stereocenters. The fraction of sp³-hybridized carbons (Fsp3) is 0.250. The number of carbonyl (C=O) groups is 1. The van der Waals surface area contributed by atoms with E-state index in [1.165, 1.54) is 11.3 Å². The van der Waals surface area contributed by atoms with Gasteiger partial charge in [-0.25, -0.2) is 0 Å². The van der Waals surface area contributed by atoms with Crippen molar-refractivity contribution < 1.29 is 4.79 Å². The summed E-state index contributed by atoms with van der Waals surface area (Å²) in [7, 11) is 0. The fourth-order valence-electron chi connectivity index (χ4n) is 3.58. The molecule has 0 aliphatic heterocycles. The molecule has 1 amide bonds. The number of anilines is 1. The lowest BCUT2D eigenvalue weighted by atomic mass is 9.78. The maximum absolute atomic E-state index is 13.1. The largest absolute Gasteiger partial charge is 0.300 e. The molecule has 4 nitrogen and oxygen atoms in total. The maximum atomic E-state index is 13.1. The lowest BCUT2D eigenvalue weighted by Crippen LogP contribution is -2.37. The first-order valence-electron chi connectivity index (χ1n) is 8.64. The van der Waals surface area contributed by atoms with Gasteiger partial charge >= 0.3 is 0 Å². The minimum Gasteiger partial charge on any atom is -0.300 e. The van der Waals surface area contributed by atoms with E-state index in [2.05, 4.69) is 15.5 Å². The van der Waals surface area contributed by atoms with E-state index in [0.717, 1.165) is 41.8 Å². The van der Waals surface area contributed by atoms with Gasteiger partial charge in [-0.3, -0.25) is 10.1 Å². The topological polar surface area (TPSA) is 54.9 Å². The van der Waals surface area contributed by atoms with Crippen molar-refractivity contribution in [1.82, 2.24) is 10.2 Å². The molecule has 26 heavy (non-hydrogen) atoms. The van der Waals surface area contributed by atoms with Crippen LogP contribution >= 0.6 is 22.9 Å². The Bertz CT molecular complexity index is 902. The highest BCUT2D eigenvalue weighted by atomic mass is 35.5. The standard InChI is InChI=1S/C20H18ClN3OS/c21-16-10-8-14(9-11-16)17-23-24-19(26-17)22-18(25)20(12-4-5-13-20)15-6-2-1-3-7-15/h1-3,6-11H,4-5,12-13H2,(H,22,24,25). The molecule has 1 aliphatic carbocycles. The second kappa shape index (κ2) is 7.17. The zero-order valence-electron chi connectivity index (χ0n) is 14.1. The summed E-state index contributed by atoms with van der Waals surface area (Å²) in [6, 6.07) is 17.5. The highest BCUT2D eigenvalue weighted by Gasteiger charge is 2.42. The van der Waals surface area contributed by atoms with E-state index in [0.29, 0.717) is 10.2 Å². The number of hydrogen-bond acceptors (Lipinski definition) is 4. The molecular weight excluding hydrogens is 366 g/mol. The van der Waals surface area contributed by atoms with E-state index < -0.39 is 5.41 Å². The van der Waals surface area contributed by atoms with Crippen molar-refractivity contribution in [1.29, 1.82) is 0 Å². The van der Waals surface area contributed by atoms with Crippen LogP contribution in [0.4, 0.5) is 5.13 Å². The molecule has 6 heteroatoms. The number of hydrogen-bond donors (Lipinski definition) is 1. The van der Waals surface area contributed by atoms with Crippen LogP contribution in [-0.2, 0) is 10.2 Å². The van der Waals surface area contributed by atoms with E-state index in [1.807, 2.05) is 54.6 Å². The van der Waals surface area contributed by atoms with E-state index in [-0.39, 0.29) is 5.91 Å². The Balaban J connectivity index is 1.57. The molecule has 0 radical (unpaired) electrons. The monoisotopic (exact) mass is 383 g/mol. The molecule has 0 saturated heterocycles. The SMILES string of the molecule is O=C(Nc1nnc(-c2ccc(Cl)cc2)s1)C1(c2ccccc2)CCCC1. The molecule has 0 spiro atoms. The van der Waals surface area contributed by atoms with E-state index in [4.69, 9.17) is 11.6 Å². The number of rotatable bonds is 4. The van der Waals surface area contributed by atoms with Crippen molar-refractivity contribution in [3.8, 4) is 10.6 Å².